The molecular weight excluding hydrogens is 230 g/mol. The van der Waals surface area contributed by atoms with Crippen molar-refractivity contribution in [3.63, 3.8) is 0 Å². The number of amides is 1. The summed E-state index contributed by atoms with van der Waals surface area (Å²) in [5.74, 6) is 0.0888. The number of carbonyl (C=O) groups is 1. The average Bonchev–Trinajstić information content (AvgIpc) is 2.31. The van der Waals surface area contributed by atoms with Crippen LogP contribution in [0.3, 0.4) is 0 Å². The predicted octanol–water partition coefficient (Wildman–Crippen LogP) is 0.884. The minimum Gasteiger partial charge on any atom is -0.385 e. The lowest BCUT2D eigenvalue weighted by molar-refractivity contribution is -0.122. The summed E-state index contributed by atoms with van der Waals surface area (Å²) in [5, 5.41) is 11.1. The number of halogens is 2. The van der Waals surface area contributed by atoms with Crippen molar-refractivity contribution < 1.29 is 18.7 Å². The lowest BCUT2D eigenvalue weighted by Crippen LogP contribution is -2.35. The summed E-state index contributed by atoms with van der Waals surface area (Å²) in [6, 6.07) is 0. The first-order valence-electron chi connectivity index (χ1n) is 5.94. The van der Waals surface area contributed by atoms with Gasteiger partial charge in [0.05, 0.1) is 0 Å². The van der Waals surface area contributed by atoms with E-state index in [9.17, 15) is 13.6 Å². The van der Waals surface area contributed by atoms with Gasteiger partial charge in [0.2, 0.25) is 5.91 Å². The fraction of sp³-hybridized carbons (Fsp3) is 0.909. The maximum atomic E-state index is 11.9. The van der Waals surface area contributed by atoms with Crippen LogP contribution < -0.4 is 11.1 Å². The molecule has 0 saturated carbocycles. The van der Waals surface area contributed by atoms with Crippen molar-refractivity contribution in [3.05, 3.63) is 0 Å². The standard InChI is InChI=1S/C11H22F2N2O2/c1-2-8(5-6-14)3-4-10(17)15-7-9(16)11(12)13/h8-9,11,16H,2-7,14H2,1H3,(H,15,17). The number of aliphatic hydroxyl groups is 1. The highest BCUT2D eigenvalue weighted by Gasteiger charge is 2.17. The molecule has 1 amide bonds. The van der Waals surface area contributed by atoms with E-state index in [0.717, 1.165) is 12.8 Å². The third kappa shape index (κ3) is 8.04. The van der Waals surface area contributed by atoms with Crippen molar-refractivity contribution in [3.8, 4) is 0 Å². The number of nitrogens with two attached hydrogens (primary N) is 1. The number of rotatable bonds is 9. The monoisotopic (exact) mass is 252 g/mol. The highest BCUT2D eigenvalue weighted by atomic mass is 19.3. The first-order chi connectivity index (χ1) is 8.01. The molecule has 17 heavy (non-hydrogen) atoms. The second kappa shape index (κ2) is 9.30. The van der Waals surface area contributed by atoms with Gasteiger partial charge in [-0.05, 0) is 25.3 Å². The summed E-state index contributed by atoms with van der Waals surface area (Å²) in [4.78, 5) is 11.3. The Kier molecular flexibility index (Phi) is 8.89. The van der Waals surface area contributed by atoms with Gasteiger partial charge in [0.25, 0.3) is 6.43 Å². The molecule has 0 rings (SSSR count). The zero-order chi connectivity index (χ0) is 13.3. The fourth-order valence-corrected chi connectivity index (χ4v) is 1.52. The van der Waals surface area contributed by atoms with Gasteiger partial charge in [-0.15, -0.1) is 0 Å². The Hall–Kier alpha value is -0.750. The summed E-state index contributed by atoms with van der Waals surface area (Å²) in [7, 11) is 0. The Balaban J connectivity index is 3.71. The van der Waals surface area contributed by atoms with Gasteiger partial charge >= 0.3 is 0 Å². The van der Waals surface area contributed by atoms with Gasteiger partial charge in [-0.25, -0.2) is 8.78 Å². The highest BCUT2D eigenvalue weighted by Crippen LogP contribution is 2.14. The molecule has 2 atom stereocenters. The predicted molar refractivity (Wildman–Crippen MR) is 61.7 cm³/mol. The van der Waals surface area contributed by atoms with Gasteiger partial charge in [-0.2, -0.15) is 0 Å². The Morgan fingerprint density at radius 1 is 1.41 bits per heavy atom. The zero-order valence-electron chi connectivity index (χ0n) is 10.2. The summed E-state index contributed by atoms with van der Waals surface area (Å²) in [5.41, 5.74) is 5.43. The molecule has 0 bridgehead atoms. The second-order valence-electron chi connectivity index (χ2n) is 4.10. The molecule has 0 aromatic heterocycles. The quantitative estimate of drug-likeness (QED) is 0.570. The average molecular weight is 252 g/mol. The summed E-state index contributed by atoms with van der Waals surface area (Å²) in [6.45, 7) is 2.22. The Bertz CT molecular complexity index is 216. The lowest BCUT2D eigenvalue weighted by atomic mass is 9.96. The van der Waals surface area contributed by atoms with Gasteiger partial charge in [0.1, 0.15) is 6.10 Å². The van der Waals surface area contributed by atoms with Crippen LogP contribution in [0.4, 0.5) is 8.78 Å². The molecule has 2 unspecified atom stereocenters. The molecule has 0 fully saturated rings. The zero-order valence-corrected chi connectivity index (χ0v) is 10.2. The number of aliphatic hydroxyl groups excluding tert-OH is 1. The van der Waals surface area contributed by atoms with Crippen LogP contribution in [0.15, 0.2) is 0 Å². The molecule has 0 spiro atoms. The smallest absolute Gasteiger partial charge is 0.265 e. The van der Waals surface area contributed by atoms with Crippen LogP contribution in [0.1, 0.15) is 32.6 Å². The molecule has 6 heteroatoms. The van der Waals surface area contributed by atoms with Crippen LogP contribution in [-0.2, 0) is 4.79 Å². The van der Waals surface area contributed by atoms with E-state index < -0.39 is 19.1 Å². The van der Waals surface area contributed by atoms with Crippen molar-refractivity contribution in [2.75, 3.05) is 13.1 Å². The second-order valence-corrected chi connectivity index (χ2v) is 4.10. The maximum Gasteiger partial charge on any atom is 0.265 e. The Morgan fingerprint density at radius 3 is 2.53 bits per heavy atom. The van der Waals surface area contributed by atoms with Crippen LogP contribution in [0, 0.1) is 5.92 Å². The first kappa shape index (κ1) is 16.2. The molecule has 0 aromatic carbocycles. The molecule has 0 aliphatic rings. The minimum absolute atomic E-state index is 0.286. The van der Waals surface area contributed by atoms with Crippen LogP contribution in [0.2, 0.25) is 0 Å². The van der Waals surface area contributed by atoms with Gasteiger partial charge in [-0.1, -0.05) is 13.3 Å². The molecule has 0 heterocycles. The van der Waals surface area contributed by atoms with E-state index in [2.05, 4.69) is 5.32 Å². The van der Waals surface area contributed by atoms with E-state index in [1.807, 2.05) is 6.92 Å². The van der Waals surface area contributed by atoms with Crippen molar-refractivity contribution in [2.24, 2.45) is 11.7 Å². The van der Waals surface area contributed by atoms with Gasteiger partial charge in [0, 0.05) is 13.0 Å². The normalized spacial score (nSPS) is 14.7. The summed E-state index contributed by atoms with van der Waals surface area (Å²) >= 11 is 0. The fourth-order valence-electron chi connectivity index (χ4n) is 1.52. The van der Waals surface area contributed by atoms with Crippen LogP contribution in [0.5, 0.6) is 0 Å². The van der Waals surface area contributed by atoms with Crippen LogP contribution >= 0.6 is 0 Å². The molecule has 0 saturated heterocycles. The molecule has 4 N–H and O–H groups in total. The molecule has 0 radical (unpaired) electrons. The van der Waals surface area contributed by atoms with E-state index in [1.54, 1.807) is 0 Å². The summed E-state index contributed by atoms with van der Waals surface area (Å²) < 4.78 is 23.9. The number of nitrogens with one attached hydrogen (secondary N) is 1. The van der Waals surface area contributed by atoms with Crippen LogP contribution in [0.25, 0.3) is 0 Å². The van der Waals surface area contributed by atoms with E-state index in [-0.39, 0.29) is 12.3 Å². The highest BCUT2D eigenvalue weighted by molar-refractivity contribution is 5.75. The molecule has 102 valence electrons. The number of carbonyl (C=O) groups excluding carboxylic acids is 1. The molecular formula is C11H22F2N2O2. The van der Waals surface area contributed by atoms with Gasteiger partial charge in [0.15, 0.2) is 0 Å². The van der Waals surface area contributed by atoms with Crippen molar-refractivity contribution in [2.45, 2.75) is 45.1 Å². The van der Waals surface area contributed by atoms with E-state index >= 15 is 0 Å². The SMILES string of the molecule is CCC(CCN)CCC(=O)NCC(O)C(F)F. The van der Waals surface area contributed by atoms with E-state index in [1.165, 1.54) is 0 Å². The van der Waals surface area contributed by atoms with Gasteiger partial charge in [-0.3, -0.25) is 4.79 Å². The third-order valence-electron chi connectivity index (χ3n) is 2.73. The molecule has 0 aliphatic carbocycles. The topological polar surface area (TPSA) is 75.4 Å². The summed E-state index contributed by atoms with van der Waals surface area (Å²) in [6.07, 6.45) is -1.81. The maximum absolute atomic E-state index is 11.9. The Morgan fingerprint density at radius 2 is 2.06 bits per heavy atom. The van der Waals surface area contributed by atoms with Crippen molar-refractivity contribution >= 4 is 5.91 Å². The molecule has 0 aromatic rings. The van der Waals surface area contributed by atoms with E-state index in [0.29, 0.717) is 18.9 Å². The third-order valence-corrected chi connectivity index (χ3v) is 2.73. The molecule has 0 aliphatic heterocycles. The number of hydrogen-bond acceptors (Lipinski definition) is 3. The first-order valence-corrected chi connectivity index (χ1v) is 5.94. The Labute approximate surface area is 101 Å². The lowest BCUT2D eigenvalue weighted by Gasteiger charge is -2.14. The molecule has 4 nitrogen and oxygen atoms in total. The number of hydrogen-bond donors (Lipinski definition) is 3. The minimum atomic E-state index is -2.82. The van der Waals surface area contributed by atoms with Crippen molar-refractivity contribution in [1.82, 2.24) is 5.32 Å². The van der Waals surface area contributed by atoms with Gasteiger partial charge < -0.3 is 16.2 Å². The van der Waals surface area contributed by atoms with E-state index in [4.69, 9.17) is 10.8 Å². The van der Waals surface area contributed by atoms with Crippen LogP contribution in [-0.4, -0.2) is 36.6 Å². The number of alkyl halides is 2. The largest absolute Gasteiger partial charge is 0.385 e. The van der Waals surface area contributed by atoms with Crippen molar-refractivity contribution in [1.29, 1.82) is 0 Å².